The Labute approximate surface area is 222 Å². The minimum atomic E-state index is -1.88. The van der Waals surface area contributed by atoms with E-state index in [0.717, 1.165) is 21.7 Å². The normalized spacial score (nSPS) is 20.2. The molecular formula is C28H37FN4O3S. The molecule has 1 aromatic heterocycles. The van der Waals surface area contributed by atoms with E-state index in [1.54, 1.807) is 17.7 Å². The Bertz CT molecular complexity index is 1130. The van der Waals surface area contributed by atoms with Gasteiger partial charge in [-0.15, -0.1) is 11.3 Å². The molecule has 3 amide bonds. The number of rotatable bonds is 10. The summed E-state index contributed by atoms with van der Waals surface area (Å²) < 4.78 is 14.3. The third-order valence-electron chi connectivity index (χ3n) is 6.76. The fourth-order valence-electron chi connectivity index (χ4n) is 4.23. The Kier molecular flexibility index (Phi) is 8.89. The Balaban J connectivity index is 1.68. The number of hydrogen-bond acceptors (Lipinski definition) is 5. The first kappa shape index (κ1) is 28.5. The molecule has 0 aromatic carbocycles. The van der Waals surface area contributed by atoms with E-state index in [4.69, 9.17) is 0 Å². The summed E-state index contributed by atoms with van der Waals surface area (Å²) in [6.45, 7) is 15.8. The van der Waals surface area contributed by atoms with Crippen LogP contribution < -0.4 is 10.6 Å². The summed E-state index contributed by atoms with van der Waals surface area (Å²) in [5.41, 5.74) is 1.90. The number of carbonyl (C=O) groups excluding carboxylic acids is 3. The van der Waals surface area contributed by atoms with Crippen molar-refractivity contribution < 1.29 is 18.8 Å². The van der Waals surface area contributed by atoms with Crippen LogP contribution in [-0.4, -0.2) is 58.4 Å². The van der Waals surface area contributed by atoms with Gasteiger partial charge >= 0.3 is 0 Å². The molecule has 2 unspecified atom stereocenters. The van der Waals surface area contributed by atoms with Crippen molar-refractivity contribution in [3.8, 4) is 0 Å². The van der Waals surface area contributed by atoms with E-state index in [9.17, 15) is 18.8 Å². The Hall–Kier alpha value is -3.07. The summed E-state index contributed by atoms with van der Waals surface area (Å²) >= 11 is 1.53. The van der Waals surface area contributed by atoms with Gasteiger partial charge in [-0.3, -0.25) is 14.4 Å². The molecule has 1 saturated carbocycles. The van der Waals surface area contributed by atoms with E-state index >= 15 is 0 Å². The molecule has 2 heterocycles. The maximum Gasteiger partial charge on any atom is 0.258 e. The standard InChI is InChI=1S/C28H37FN4O3S/c1-7-19(11-12-20(8-2)22-18(3)31-17-37-22)16-30-24(34)21-10-9-15-33(21)25(35)23(27(4,5)6)32-26(36)28(29)13-14-28/h7-8,11-12,17,21,23H,1-2,9-10,13-16H2,3-6H3,(H,30,34)(H,32,36)/b19-11+,20-12+. The van der Waals surface area contributed by atoms with E-state index in [1.165, 1.54) is 16.2 Å². The molecule has 1 aromatic rings. The highest BCUT2D eigenvalue weighted by atomic mass is 32.1. The summed E-state index contributed by atoms with van der Waals surface area (Å²) in [5, 5.41) is 5.54. The van der Waals surface area contributed by atoms with E-state index < -0.39 is 29.1 Å². The molecular weight excluding hydrogens is 491 g/mol. The van der Waals surface area contributed by atoms with Gasteiger partial charge < -0.3 is 15.5 Å². The second-order valence-corrected chi connectivity index (χ2v) is 11.5. The van der Waals surface area contributed by atoms with E-state index in [1.807, 2.05) is 39.8 Å². The Morgan fingerprint density at radius 3 is 2.51 bits per heavy atom. The SMILES string of the molecule is C=C/C(=C\C=C(/C=C)c1scnc1C)CNC(=O)C1CCCN1C(=O)C(NC(=O)C1(F)CC1)C(C)(C)C. The van der Waals surface area contributed by atoms with Crippen molar-refractivity contribution >= 4 is 34.6 Å². The number of nitrogens with zero attached hydrogens (tertiary/aromatic N) is 2. The lowest BCUT2D eigenvalue weighted by atomic mass is 9.85. The second-order valence-electron chi connectivity index (χ2n) is 10.7. The van der Waals surface area contributed by atoms with Gasteiger partial charge in [0.05, 0.1) is 16.1 Å². The number of aromatic nitrogens is 1. The lowest BCUT2D eigenvalue weighted by Crippen LogP contribution is -2.59. The summed E-state index contributed by atoms with van der Waals surface area (Å²) in [5.74, 6) is -1.38. The van der Waals surface area contributed by atoms with Gasteiger partial charge in [-0.1, -0.05) is 58.2 Å². The smallest absolute Gasteiger partial charge is 0.258 e. The first-order valence-electron chi connectivity index (χ1n) is 12.6. The van der Waals surface area contributed by atoms with Crippen LogP contribution in [-0.2, 0) is 14.4 Å². The van der Waals surface area contributed by atoms with Crippen LogP contribution in [0.2, 0.25) is 0 Å². The minimum Gasteiger partial charge on any atom is -0.350 e. The van der Waals surface area contributed by atoms with Crippen molar-refractivity contribution in [2.75, 3.05) is 13.1 Å². The fourth-order valence-corrected chi connectivity index (χ4v) is 5.06. The van der Waals surface area contributed by atoms with Gasteiger partial charge in [-0.25, -0.2) is 9.37 Å². The average Bonchev–Trinajstić information content (AvgIpc) is 3.21. The van der Waals surface area contributed by atoms with Gasteiger partial charge in [0.15, 0.2) is 5.67 Å². The highest BCUT2D eigenvalue weighted by molar-refractivity contribution is 7.11. The summed E-state index contributed by atoms with van der Waals surface area (Å²) in [6, 6.07) is -1.58. The predicted octanol–water partition coefficient (Wildman–Crippen LogP) is 4.27. The predicted molar refractivity (Wildman–Crippen MR) is 146 cm³/mol. The Morgan fingerprint density at radius 1 is 1.27 bits per heavy atom. The van der Waals surface area contributed by atoms with Gasteiger partial charge in [0, 0.05) is 13.1 Å². The highest BCUT2D eigenvalue weighted by Crippen LogP contribution is 2.40. The van der Waals surface area contributed by atoms with E-state index in [0.29, 0.717) is 19.4 Å². The van der Waals surface area contributed by atoms with Gasteiger partial charge in [-0.05, 0) is 49.2 Å². The minimum absolute atomic E-state index is 0.172. The number of halogens is 1. The number of amides is 3. The number of allylic oxidation sites excluding steroid dienone is 4. The van der Waals surface area contributed by atoms with Gasteiger partial charge in [-0.2, -0.15) is 0 Å². The maximum atomic E-state index is 14.3. The van der Waals surface area contributed by atoms with Gasteiger partial charge in [0.2, 0.25) is 11.8 Å². The molecule has 1 saturated heterocycles. The largest absolute Gasteiger partial charge is 0.350 e. The second kappa shape index (κ2) is 11.5. The lowest BCUT2D eigenvalue weighted by molar-refractivity contribution is -0.144. The van der Waals surface area contributed by atoms with Crippen LogP contribution in [0.15, 0.2) is 48.5 Å². The van der Waals surface area contributed by atoms with Crippen LogP contribution in [0.1, 0.15) is 57.0 Å². The molecule has 0 radical (unpaired) electrons. The maximum absolute atomic E-state index is 14.3. The molecule has 7 nitrogen and oxygen atoms in total. The van der Waals surface area contributed by atoms with Crippen molar-refractivity contribution in [1.82, 2.24) is 20.5 Å². The highest BCUT2D eigenvalue weighted by Gasteiger charge is 2.53. The third-order valence-corrected chi connectivity index (χ3v) is 7.73. The Morgan fingerprint density at radius 2 is 1.97 bits per heavy atom. The number of aryl methyl sites for hydroxylation is 1. The number of hydrogen-bond donors (Lipinski definition) is 2. The summed E-state index contributed by atoms with van der Waals surface area (Å²) in [6.07, 6.45) is 8.75. The number of carbonyl (C=O) groups is 3. The van der Waals surface area contributed by atoms with Gasteiger partial charge in [0.25, 0.3) is 5.91 Å². The van der Waals surface area contributed by atoms with Crippen molar-refractivity contribution in [3.05, 3.63) is 59.1 Å². The van der Waals surface area contributed by atoms with Crippen LogP contribution >= 0.6 is 11.3 Å². The van der Waals surface area contributed by atoms with E-state index in [-0.39, 0.29) is 31.2 Å². The fraction of sp³-hybridized carbons (Fsp3) is 0.500. The molecule has 0 bridgehead atoms. The average molecular weight is 529 g/mol. The molecule has 2 N–H and O–H groups in total. The number of likely N-dealkylation sites (tertiary alicyclic amines) is 1. The van der Waals surface area contributed by atoms with Crippen LogP contribution in [0.3, 0.4) is 0 Å². The van der Waals surface area contributed by atoms with Crippen molar-refractivity contribution in [2.24, 2.45) is 5.41 Å². The number of thiazole rings is 1. The number of alkyl halides is 1. The van der Waals surface area contributed by atoms with Crippen molar-refractivity contribution in [2.45, 2.75) is 71.1 Å². The first-order chi connectivity index (χ1) is 17.4. The molecule has 1 aliphatic heterocycles. The van der Waals surface area contributed by atoms with E-state index in [2.05, 4.69) is 28.8 Å². The molecule has 9 heteroatoms. The topological polar surface area (TPSA) is 91.4 Å². The zero-order valence-electron chi connectivity index (χ0n) is 22.1. The summed E-state index contributed by atoms with van der Waals surface area (Å²) in [7, 11) is 0. The van der Waals surface area contributed by atoms with Crippen LogP contribution in [0.4, 0.5) is 4.39 Å². The molecule has 37 heavy (non-hydrogen) atoms. The van der Waals surface area contributed by atoms with Crippen molar-refractivity contribution in [3.63, 3.8) is 0 Å². The molecule has 2 fully saturated rings. The van der Waals surface area contributed by atoms with Crippen LogP contribution in [0, 0.1) is 12.3 Å². The van der Waals surface area contributed by atoms with Crippen LogP contribution in [0.25, 0.3) is 5.57 Å². The molecule has 3 rings (SSSR count). The lowest BCUT2D eigenvalue weighted by Gasteiger charge is -2.35. The zero-order valence-corrected chi connectivity index (χ0v) is 22.9. The molecule has 2 atom stereocenters. The number of nitrogens with one attached hydrogen (secondary N) is 2. The monoisotopic (exact) mass is 528 g/mol. The van der Waals surface area contributed by atoms with Crippen LogP contribution in [0.5, 0.6) is 0 Å². The quantitative estimate of drug-likeness (QED) is 0.444. The first-order valence-corrected chi connectivity index (χ1v) is 13.4. The molecule has 2 aliphatic rings. The molecule has 1 aliphatic carbocycles. The van der Waals surface area contributed by atoms with Gasteiger partial charge in [0.1, 0.15) is 12.1 Å². The summed E-state index contributed by atoms with van der Waals surface area (Å²) in [4.78, 5) is 45.8. The van der Waals surface area contributed by atoms with Crippen molar-refractivity contribution in [1.29, 1.82) is 0 Å². The third kappa shape index (κ3) is 6.83. The zero-order chi connectivity index (χ0) is 27.4. The molecule has 200 valence electrons. The molecule has 0 spiro atoms.